The number of allylic oxidation sites excluding steroid dienone is 1. The van der Waals surface area contributed by atoms with E-state index in [1.165, 1.54) is 15.9 Å². The van der Waals surface area contributed by atoms with Crippen LogP contribution >= 0.6 is 34.5 Å². The molecule has 0 N–H and O–H groups in total. The lowest BCUT2D eigenvalue weighted by Crippen LogP contribution is -2.39. The van der Waals surface area contributed by atoms with Crippen LogP contribution in [-0.4, -0.2) is 17.1 Å². The van der Waals surface area contributed by atoms with E-state index in [2.05, 4.69) is 4.99 Å². The molecule has 1 atom stereocenters. The van der Waals surface area contributed by atoms with Gasteiger partial charge in [0.1, 0.15) is 11.5 Å². The Hall–Kier alpha value is -3.39. The molecule has 36 heavy (non-hydrogen) atoms. The van der Waals surface area contributed by atoms with Crippen LogP contribution < -0.4 is 14.9 Å². The van der Waals surface area contributed by atoms with Gasteiger partial charge in [0.15, 0.2) is 4.80 Å². The fourth-order valence-corrected chi connectivity index (χ4v) is 5.45. The predicted molar refractivity (Wildman–Crippen MR) is 141 cm³/mol. The van der Waals surface area contributed by atoms with E-state index in [1.807, 2.05) is 24.3 Å². The largest absolute Gasteiger partial charge is 0.463 e. The number of thiazole rings is 1. The van der Waals surface area contributed by atoms with Gasteiger partial charge < -0.3 is 9.15 Å². The van der Waals surface area contributed by atoms with Gasteiger partial charge in [-0.3, -0.25) is 9.36 Å². The quantitative estimate of drug-likeness (QED) is 0.320. The maximum atomic E-state index is 13.6. The van der Waals surface area contributed by atoms with Crippen molar-refractivity contribution in [2.75, 3.05) is 6.61 Å². The molecule has 0 amide bonds. The molecule has 0 saturated heterocycles. The van der Waals surface area contributed by atoms with E-state index in [-0.39, 0.29) is 12.2 Å². The van der Waals surface area contributed by atoms with Crippen LogP contribution in [0.1, 0.15) is 31.2 Å². The molecule has 5 rings (SSSR count). The van der Waals surface area contributed by atoms with Gasteiger partial charge in [-0.15, -0.1) is 0 Å². The molecule has 6 nitrogen and oxygen atoms in total. The van der Waals surface area contributed by atoms with E-state index in [0.29, 0.717) is 42.2 Å². The number of furan rings is 1. The number of halogens is 2. The van der Waals surface area contributed by atoms with Crippen molar-refractivity contribution >= 4 is 46.6 Å². The van der Waals surface area contributed by atoms with Crippen molar-refractivity contribution in [1.82, 2.24) is 4.57 Å². The van der Waals surface area contributed by atoms with Crippen LogP contribution in [0, 0.1) is 0 Å². The number of aromatic nitrogens is 1. The third-order valence-corrected chi connectivity index (χ3v) is 7.18. The first-order valence-corrected chi connectivity index (χ1v) is 12.7. The van der Waals surface area contributed by atoms with Crippen molar-refractivity contribution in [2.45, 2.75) is 19.9 Å². The summed E-state index contributed by atoms with van der Waals surface area (Å²) in [7, 11) is 0. The van der Waals surface area contributed by atoms with E-state index < -0.39 is 12.0 Å². The van der Waals surface area contributed by atoms with Gasteiger partial charge in [0.2, 0.25) is 0 Å². The van der Waals surface area contributed by atoms with Gasteiger partial charge in [-0.25, -0.2) is 9.79 Å². The second kappa shape index (κ2) is 9.93. The van der Waals surface area contributed by atoms with Gasteiger partial charge in [0.25, 0.3) is 5.56 Å². The van der Waals surface area contributed by atoms with Crippen LogP contribution in [0.2, 0.25) is 10.0 Å². The number of carbonyl (C=O) groups is 1. The zero-order valence-corrected chi connectivity index (χ0v) is 21.7. The zero-order chi connectivity index (χ0) is 25.4. The smallest absolute Gasteiger partial charge is 0.338 e. The van der Waals surface area contributed by atoms with E-state index in [9.17, 15) is 9.59 Å². The van der Waals surface area contributed by atoms with Crippen LogP contribution in [0.5, 0.6) is 0 Å². The Morgan fingerprint density at radius 1 is 1.14 bits per heavy atom. The van der Waals surface area contributed by atoms with Crippen LogP contribution in [0.3, 0.4) is 0 Å². The number of hydrogen-bond donors (Lipinski definition) is 0. The molecule has 0 unspecified atom stereocenters. The van der Waals surface area contributed by atoms with Crippen molar-refractivity contribution in [2.24, 2.45) is 4.99 Å². The Labute approximate surface area is 220 Å². The Morgan fingerprint density at radius 3 is 2.64 bits per heavy atom. The first-order chi connectivity index (χ1) is 17.4. The highest BCUT2D eigenvalue weighted by Crippen LogP contribution is 2.31. The van der Waals surface area contributed by atoms with E-state index >= 15 is 0 Å². The Balaban J connectivity index is 1.64. The summed E-state index contributed by atoms with van der Waals surface area (Å²) < 4.78 is 13.2. The fourth-order valence-electron chi connectivity index (χ4n) is 4.11. The molecular formula is C27H20Cl2N2O4S. The van der Waals surface area contributed by atoms with Crippen LogP contribution in [0.15, 0.2) is 86.1 Å². The summed E-state index contributed by atoms with van der Waals surface area (Å²) in [5, 5.41) is 1.16. The van der Waals surface area contributed by atoms with Gasteiger partial charge in [-0.2, -0.15) is 0 Å². The molecule has 0 radical (unpaired) electrons. The molecule has 2 aromatic carbocycles. The monoisotopic (exact) mass is 538 g/mol. The van der Waals surface area contributed by atoms with Crippen molar-refractivity contribution < 1.29 is 13.9 Å². The molecular weight excluding hydrogens is 519 g/mol. The minimum atomic E-state index is -0.696. The lowest BCUT2D eigenvalue weighted by atomic mass is 9.96. The average molecular weight is 539 g/mol. The summed E-state index contributed by atoms with van der Waals surface area (Å²) in [5.41, 5.74) is 2.10. The maximum Gasteiger partial charge on any atom is 0.338 e. The molecule has 182 valence electrons. The third kappa shape index (κ3) is 4.57. The average Bonchev–Trinajstić information content (AvgIpc) is 3.43. The highest BCUT2D eigenvalue weighted by Gasteiger charge is 2.33. The summed E-state index contributed by atoms with van der Waals surface area (Å²) in [5.74, 6) is 0.640. The lowest BCUT2D eigenvalue weighted by Gasteiger charge is -2.24. The first-order valence-electron chi connectivity index (χ1n) is 11.2. The molecule has 1 aliphatic rings. The molecule has 0 aliphatic carbocycles. The number of fused-ring (bicyclic) bond motifs is 1. The van der Waals surface area contributed by atoms with Crippen LogP contribution in [-0.2, 0) is 9.53 Å². The molecule has 4 aromatic rings. The number of nitrogens with zero attached hydrogens (tertiary/aromatic N) is 2. The van der Waals surface area contributed by atoms with E-state index in [0.717, 1.165) is 11.1 Å². The van der Waals surface area contributed by atoms with Gasteiger partial charge >= 0.3 is 5.97 Å². The highest BCUT2D eigenvalue weighted by atomic mass is 35.5. The van der Waals surface area contributed by atoms with Gasteiger partial charge in [0, 0.05) is 21.7 Å². The molecule has 1 aliphatic heterocycles. The van der Waals surface area contributed by atoms with Crippen molar-refractivity contribution in [3.8, 4) is 11.3 Å². The van der Waals surface area contributed by atoms with Crippen molar-refractivity contribution in [1.29, 1.82) is 0 Å². The second-order valence-electron chi connectivity index (χ2n) is 8.07. The molecule has 0 bridgehead atoms. The van der Waals surface area contributed by atoms with Gasteiger partial charge in [0.05, 0.1) is 28.5 Å². The fraction of sp³-hybridized carbons (Fsp3) is 0.148. The topological polar surface area (TPSA) is 73.8 Å². The molecule has 3 heterocycles. The lowest BCUT2D eigenvalue weighted by molar-refractivity contribution is -0.139. The van der Waals surface area contributed by atoms with Crippen molar-refractivity contribution in [3.05, 3.63) is 113 Å². The summed E-state index contributed by atoms with van der Waals surface area (Å²) in [6, 6.07) is 17.3. The summed E-state index contributed by atoms with van der Waals surface area (Å²) >= 11 is 13.4. The number of ether oxygens (including phenoxy) is 1. The first kappa shape index (κ1) is 24.3. The van der Waals surface area contributed by atoms with Gasteiger partial charge in [-0.1, -0.05) is 58.8 Å². The maximum absolute atomic E-state index is 13.6. The minimum absolute atomic E-state index is 0.209. The molecule has 9 heteroatoms. The molecule has 0 fully saturated rings. The number of esters is 1. The normalized spacial score (nSPS) is 15.6. The zero-order valence-electron chi connectivity index (χ0n) is 19.3. The number of hydrogen-bond acceptors (Lipinski definition) is 6. The molecule has 0 saturated carbocycles. The number of benzene rings is 2. The minimum Gasteiger partial charge on any atom is -0.463 e. The highest BCUT2D eigenvalue weighted by molar-refractivity contribution is 7.07. The summed E-state index contributed by atoms with van der Waals surface area (Å²) in [6.07, 6.45) is 1.68. The Bertz CT molecular complexity index is 1680. The molecule has 2 aromatic heterocycles. The number of carbonyl (C=O) groups excluding carboxylic acids is 1. The predicted octanol–water partition coefficient (Wildman–Crippen LogP) is 5.37. The van der Waals surface area contributed by atoms with E-state index in [1.54, 1.807) is 56.3 Å². The van der Waals surface area contributed by atoms with Gasteiger partial charge in [-0.05, 0) is 55.8 Å². The SMILES string of the molecule is CCOC(=O)C1=C(C)N=c2sc(=Cc3ccc(-c4cccc(Cl)c4)o3)c(=O)n2[C@H]1c1ccc(Cl)cc1. The number of rotatable bonds is 5. The Kier molecular flexibility index (Phi) is 6.71. The molecule has 0 spiro atoms. The summed E-state index contributed by atoms with van der Waals surface area (Å²) in [6.45, 7) is 3.69. The van der Waals surface area contributed by atoms with Crippen LogP contribution in [0.25, 0.3) is 17.4 Å². The Morgan fingerprint density at radius 2 is 1.92 bits per heavy atom. The summed E-state index contributed by atoms with van der Waals surface area (Å²) in [4.78, 5) is 31.6. The van der Waals surface area contributed by atoms with E-state index in [4.69, 9.17) is 32.4 Å². The van der Waals surface area contributed by atoms with Crippen LogP contribution in [0.4, 0.5) is 0 Å². The standard InChI is InChI=1S/C27H20Cl2N2O4S/c1-3-34-26(33)23-15(2)30-27-31(24(23)16-7-9-18(28)10-8-16)25(32)22(36-27)14-20-11-12-21(35-20)17-5-4-6-19(29)13-17/h4-14,24H,3H2,1-2H3/t24-/m0/s1. The third-order valence-electron chi connectivity index (χ3n) is 5.71. The second-order valence-corrected chi connectivity index (χ2v) is 9.95. The van der Waals surface area contributed by atoms with Crippen molar-refractivity contribution in [3.63, 3.8) is 0 Å².